The third-order valence-corrected chi connectivity index (χ3v) is 3.71. The van der Waals surface area contributed by atoms with Gasteiger partial charge in [-0.1, -0.05) is 43.3 Å². The van der Waals surface area contributed by atoms with Crippen LogP contribution < -0.4 is 4.72 Å². The molecule has 0 aliphatic heterocycles. The van der Waals surface area contributed by atoms with Crippen LogP contribution >= 0.6 is 0 Å². The minimum absolute atomic E-state index is 0.260. The largest absolute Gasteiger partial charge is 0.273 e. The van der Waals surface area contributed by atoms with Crippen LogP contribution in [0.2, 0.25) is 0 Å². The van der Waals surface area contributed by atoms with Crippen molar-refractivity contribution in [2.24, 2.45) is 0 Å². The zero-order valence-electron chi connectivity index (χ0n) is 10.3. The van der Waals surface area contributed by atoms with E-state index >= 15 is 0 Å². The van der Waals surface area contributed by atoms with E-state index in [0.717, 1.165) is 5.56 Å². The minimum Gasteiger partial charge on any atom is -0.273 e. The fourth-order valence-corrected chi connectivity index (χ4v) is 2.52. The Balaban J connectivity index is 2.85. The molecule has 0 aliphatic rings. The normalized spacial score (nSPS) is 12.7. The summed E-state index contributed by atoms with van der Waals surface area (Å²) in [4.78, 5) is 11.9. The van der Waals surface area contributed by atoms with E-state index in [0.29, 0.717) is 6.42 Å². The molecule has 5 heteroatoms. The lowest BCUT2D eigenvalue weighted by Crippen LogP contribution is -2.35. The highest BCUT2D eigenvalue weighted by Crippen LogP contribution is 2.19. The molecule has 98 valence electrons. The number of rotatable bonds is 6. The molecule has 1 N–H and O–H groups in total. The summed E-state index contributed by atoms with van der Waals surface area (Å²) >= 11 is 0. The fraction of sp³-hybridized carbons (Fsp3) is 0.308. The van der Waals surface area contributed by atoms with Crippen molar-refractivity contribution < 1.29 is 13.2 Å². The van der Waals surface area contributed by atoms with E-state index in [1.54, 1.807) is 0 Å². The molecule has 0 spiro atoms. The van der Waals surface area contributed by atoms with Gasteiger partial charge < -0.3 is 0 Å². The van der Waals surface area contributed by atoms with Crippen LogP contribution in [0.1, 0.15) is 24.8 Å². The topological polar surface area (TPSA) is 63.2 Å². The summed E-state index contributed by atoms with van der Waals surface area (Å²) in [5, 5.41) is 0. The standard InChI is InChI=1S/C13H17NO3S/c1-3-10-18(16,17)14-13(15)12(4-2)11-8-6-5-7-9-11/h3,5-9,12H,1,4,10H2,2H3,(H,14,15)/t12-/m1/s1. The Hall–Kier alpha value is -1.62. The maximum Gasteiger partial charge on any atom is 0.240 e. The predicted octanol–water partition coefficient (Wildman–Crippen LogP) is 1.81. The van der Waals surface area contributed by atoms with E-state index in [4.69, 9.17) is 0 Å². The van der Waals surface area contributed by atoms with Crippen LogP contribution in [-0.4, -0.2) is 20.1 Å². The quantitative estimate of drug-likeness (QED) is 0.800. The number of carbonyl (C=O) groups excluding carboxylic acids is 1. The lowest BCUT2D eigenvalue weighted by Gasteiger charge is -2.14. The first-order valence-corrected chi connectivity index (χ1v) is 7.35. The number of hydrogen-bond acceptors (Lipinski definition) is 3. The van der Waals surface area contributed by atoms with Crippen molar-refractivity contribution in [3.8, 4) is 0 Å². The van der Waals surface area contributed by atoms with E-state index in [2.05, 4.69) is 11.3 Å². The molecule has 0 saturated heterocycles. The number of hydrogen-bond donors (Lipinski definition) is 1. The van der Waals surface area contributed by atoms with Gasteiger partial charge in [-0.2, -0.15) is 0 Å². The molecule has 0 fully saturated rings. The number of nitrogens with one attached hydrogen (secondary N) is 1. The van der Waals surface area contributed by atoms with Gasteiger partial charge in [-0.15, -0.1) is 6.58 Å². The van der Waals surface area contributed by atoms with E-state index < -0.39 is 21.8 Å². The van der Waals surface area contributed by atoms with E-state index in [1.165, 1.54) is 6.08 Å². The second-order valence-electron chi connectivity index (χ2n) is 3.91. The third-order valence-electron chi connectivity index (χ3n) is 2.52. The van der Waals surface area contributed by atoms with Crippen LogP contribution in [-0.2, 0) is 14.8 Å². The Bertz CT molecular complexity index is 508. The first kappa shape index (κ1) is 14.4. The Morgan fingerprint density at radius 1 is 1.39 bits per heavy atom. The van der Waals surface area contributed by atoms with Gasteiger partial charge in [-0.25, -0.2) is 8.42 Å². The monoisotopic (exact) mass is 267 g/mol. The first-order chi connectivity index (χ1) is 8.50. The lowest BCUT2D eigenvalue weighted by atomic mass is 9.96. The van der Waals surface area contributed by atoms with Crippen molar-refractivity contribution >= 4 is 15.9 Å². The molecular weight excluding hydrogens is 250 g/mol. The SMILES string of the molecule is C=CCS(=O)(=O)NC(=O)[C@H](CC)c1ccccc1. The Morgan fingerprint density at radius 3 is 2.50 bits per heavy atom. The van der Waals surface area contributed by atoms with Gasteiger partial charge >= 0.3 is 0 Å². The number of amides is 1. The maximum absolute atomic E-state index is 11.9. The molecule has 0 aliphatic carbocycles. The molecule has 0 radical (unpaired) electrons. The van der Waals surface area contributed by atoms with Crippen molar-refractivity contribution in [1.29, 1.82) is 0 Å². The van der Waals surface area contributed by atoms with Gasteiger partial charge in [0.15, 0.2) is 0 Å². The fourth-order valence-electron chi connectivity index (χ4n) is 1.68. The highest BCUT2D eigenvalue weighted by atomic mass is 32.2. The van der Waals surface area contributed by atoms with Gasteiger partial charge in [-0.05, 0) is 12.0 Å². The average Bonchev–Trinajstić information content (AvgIpc) is 2.30. The van der Waals surface area contributed by atoms with Crippen LogP contribution in [0.5, 0.6) is 0 Å². The molecule has 0 bridgehead atoms. The predicted molar refractivity (Wildman–Crippen MR) is 71.6 cm³/mol. The number of sulfonamides is 1. The second kappa shape index (κ2) is 6.35. The van der Waals surface area contributed by atoms with Gasteiger partial charge in [0.2, 0.25) is 15.9 Å². The van der Waals surface area contributed by atoms with E-state index in [1.807, 2.05) is 37.3 Å². The number of carbonyl (C=O) groups is 1. The summed E-state index contributed by atoms with van der Waals surface area (Å²) in [5.41, 5.74) is 0.811. The van der Waals surface area contributed by atoms with Crippen LogP contribution in [0.4, 0.5) is 0 Å². The molecule has 0 aromatic heterocycles. The van der Waals surface area contributed by atoms with Gasteiger partial charge in [0.25, 0.3) is 0 Å². The van der Waals surface area contributed by atoms with Crippen molar-refractivity contribution in [3.05, 3.63) is 48.6 Å². The van der Waals surface area contributed by atoms with Crippen molar-refractivity contribution in [1.82, 2.24) is 4.72 Å². The van der Waals surface area contributed by atoms with Crippen LogP contribution in [0.3, 0.4) is 0 Å². The summed E-state index contributed by atoms with van der Waals surface area (Å²) in [6, 6.07) is 9.12. The molecule has 1 aromatic rings. The second-order valence-corrected chi connectivity index (χ2v) is 5.67. The molecule has 18 heavy (non-hydrogen) atoms. The zero-order valence-corrected chi connectivity index (χ0v) is 11.1. The summed E-state index contributed by atoms with van der Waals surface area (Å²) < 4.78 is 25.0. The van der Waals surface area contributed by atoms with Crippen molar-refractivity contribution in [2.45, 2.75) is 19.3 Å². The Morgan fingerprint density at radius 2 is 2.00 bits per heavy atom. The molecule has 0 heterocycles. The molecule has 4 nitrogen and oxygen atoms in total. The van der Waals surface area contributed by atoms with Gasteiger partial charge in [0.05, 0.1) is 11.7 Å². The molecule has 0 saturated carbocycles. The smallest absolute Gasteiger partial charge is 0.240 e. The highest BCUT2D eigenvalue weighted by molar-refractivity contribution is 7.90. The summed E-state index contributed by atoms with van der Waals surface area (Å²) in [6.07, 6.45) is 1.79. The average molecular weight is 267 g/mol. The number of benzene rings is 1. The van der Waals surface area contributed by atoms with Crippen LogP contribution in [0.25, 0.3) is 0 Å². The van der Waals surface area contributed by atoms with Crippen molar-refractivity contribution in [3.63, 3.8) is 0 Å². The zero-order chi connectivity index (χ0) is 13.6. The maximum atomic E-state index is 11.9. The molecular formula is C13H17NO3S. The molecule has 1 amide bonds. The molecule has 1 atom stereocenters. The van der Waals surface area contributed by atoms with Crippen molar-refractivity contribution in [2.75, 3.05) is 5.75 Å². The van der Waals surface area contributed by atoms with Gasteiger partial charge in [-0.3, -0.25) is 9.52 Å². The van der Waals surface area contributed by atoms with Crippen LogP contribution in [0, 0.1) is 0 Å². The first-order valence-electron chi connectivity index (χ1n) is 5.70. The van der Waals surface area contributed by atoms with Crippen LogP contribution in [0.15, 0.2) is 43.0 Å². The summed E-state index contributed by atoms with van der Waals surface area (Å²) in [7, 11) is -3.61. The Kier molecular flexibility index (Phi) is 5.09. The summed E-state index contributed by atoms with van der Waals surface area (Å²) in [6.45, 7) is 5.19. The van der Waals surface area contributed by atoms with E-state index in [9.17, 15) is 13.2 Å². The van der Waals surface area contributed by atoms with E-state index in [-0.39, 0.29) is 5.75 Å². The highest BCUT2D eigenvalue weighted by Gasteiger charge is 2.22. The molecule has 1 rings (SSSR count). The minimum atomic E-state index is -3.61. The Labute approximate surface area is 108 Å². The summed E-state index contributed by atoms with van der Waals surface area (Å²) in [5.74, 6) is -1.21. The van der Waals surface area contributed by atoms with Gasteiger partial charge in [0.1, 0.15) is 0 Å². The third kappa shape index (κ3) is 4.00. The molecule has 0 unspecified atom stereocenters. The van der Waals surface area contributed by atoms with Gasteiger partial charge in [0, 0.05) is 0 Å². The molecule has 1 aromatic carbocycles. The lowest BCUT2D eigenvalue weighted by molar-refractivity contribution is -0.120.